The van der Waals surface area contributed by atoms with Crippen LogP contribution in [0.2, 0.25) is 0 Å². The molecule has 2 aromatic heterocycles. The van der Waals surface area contributed by atoms with Crippen LogP contribution in [0, 0.1) is 13.8 Å². The number of amides is 2. The Morgan fingerprint density at radius 3 is 1.38 bits per heavy atom. The molecule has 2 amide bonds. The number of hydrogen-bond donors (Lipinski definition) is 4. The second kappa shape index (κ2) is 10.7. The van der Waals surface area contributed by atoms with Crippen molar-refractivity contribution in [2.45, 2.75) is 13.8 Å². The first-order chi connectivity index (χ1) is 19.5. The summed E-state index contributed by atoms with van der Waals surface area (Å²) in [5, 5.41) is 25.3. The smallest absolute Gasteiger partial charge is 0.323 e. The molecular weight excluding hydrogens is 500 g/mol. The molecule has 0 bridgehead atoms. The SMILES string of the molecule is Cc1[nH]c2ccccc2c1N=Nc1ccc(NC(=O)Nc2ccc(N=Nc3c(C)[nH]c4ccccc34)cc2)cc1. The Labute approximate surface area is 230 Å². The van der Waals surface area contributed by atoms with E-state index in [1.807, 2.05) is 62.4 Å². The van der Waals surface area contributed by atoms with Crippen molar-refractivity contribution in [1.29, 1.82) is 0 Å². The maximum atomic E-state index is 12.5. The Bertz CT molecular complexity index is 1740. The zero-order valence-corrected chi connectivity index (χ0v) is 21.9. The van der Waals surface area contributed by atoms with E-state index in [-0.39, 0.29) is 6.03 Å². The molecule has 6 aromatic rings. The molecule has 0 unspecified atom stereocenters. The van der Waals surface area contributed by atoms with Gasteiger partial charge < -0.3 is 20.6 Å². The van der Waals surface area contributed by atoms with Gasteiger partial charge in [0.1, 0.15) is 11.4 Å². The van der Waals surface area contributed by atoms with Crippen LogP contribution in [0.3, 0.4) is 0 Å². The molecule has 0 saturated heterocycles. The number of urea groups is 1. The fourth-order valence-corrected chi connectivity index (χ4v) is 4.51. The van der Waals surface area contributed by atoms with E-state index in [4.69, 9.17) is 0 Å². The van der Waals surface area contributed by atoms with Crippen molar-refractivity contribution in [2.75, 3.05) is 10.6 Å². The van der Waals surface area contributed by atoms with Gasteiger partial charge in [0, 0.05) is 44.6 Å². The molecule has 4 N–H and O–H groups in total. The maximum Gasteiger partial charge on any atom is 0.323 e. The molecule has 0 saturated carbocycles. The molecule has 9 heteroatoms. The Kier molecular flexibility index (Phi) is 6.60. The van der Waals surface area contributed by atoms with Crippen molar-refractivity contribution >= 4 is 62.0 Å². The lowest BCUT2D eigenvalue weighted by Gasteiger charge is -2.08. The number of para-hydroxylation sites is 2. The fraction of sp³-hybridized carbons (Fsp3) is 0.0645. The van der Waals surface area contributed by atoms with Crippen molar-refractivity contribution in [2.24, 2.45) is 20.5 Å². The number of H-pyrrole nitrogens is 2. The minimum absolute atomic E-state index is 0.354. The second-order valence-electron chi connectivity index (χ2n) is 9.36. The van der Waals surface area contributed by atoms with Crippen molar-refractivity contribution in [3.63, 3.8) is 0 Å². The molecule has 6 rings (SSSR count). The molecule has 0 atom stereocenters. The number of anilines is 2. The summed E-state index contributed by atoms with van der Waals surface area (Å²) in [7, 11) is 0. The van der Waals surface area contributed by atoms with E-state index < -0.39 is 0 Å². The summed E-state index contributed by atoms with van der Waals surface area (Å²) in [6.45, 7) is 3.95. The van der Waals surface area contributed by atoms with Crippen LogP contribution >= 0.6 is 0 Å². The average molecular weight is 527 g/mol. The lowest BCUT2D eigenvalue weighted by Crippen LogP contribution is -2.19. The summed E-state index contributed by atoms with van der Waals surface area (Å²) < 4.78 is 0. The standard InChI is InChI=1S/C31H26N8O/c1-19-29(25-7-3-5-9-27(25)32-19)38-36-23-15-11-21(12-16-23)34-31(40)35-22-13-17-24(18-14-22)37-39-30-20(2)33-28-10-6-4-8-26(28)30/h3-18,32-33H,1-2H3,(H2,34,35,40). The van der Waals surface area contributed by atoms with Crippen LogP contribution in [0.1, 0.15) is 11.4 Å². The predicted octanol–water partition coefficient (Wildman–Crippen LogP) is 9.74. The van der Waals surface area contributed by atoms with Crippen LogP contribution in [-0.2, 0) is 0 Å². The molecule has 0 aliphatic heterocycles. The van der Waals surface area contributed by atoms with E-state index in [9.17, 15) is 4.79 Å². The minimum atomic E-state index is -0.354. The van der Waals surface area contributed by atoms with Crippen molar-refractivity contribution in [3.05, 3.63) is 108 Å². The van der Waals surface area contributed by atoms with Gasteiger partial charge in [0.05, 0.1) is 11.4 Å². The average Bonchev–Trinajstić information content (AvgIpc) is 3.46. The number of carbonyl (C=O) groups excluding carboxylic acids is 1. The topological polar surface area (TPSA) is 122 Å². The number of nitrogens with one attached hydrogen (secondary N) is 4. The quantitative estimate of drug-likeness (QED) is 0.159. The van der Waals surface area contributed by atoms with Gasteiger partial charge in [0.15, 0.2) is 0 Å². The van der Waals surface area contributed by atoms with Gasteiger partial charge in [-0.05, 0) is 74.5 Å². The van der Waals surface area contributed by atoms with E-state index >= 15 is 0 Å². The summed E-state index contributed by atoms with van der Waals surface area (Å²) in [6, 6.07) is 30.0. The number of fused-ring (bicyclic) bond motifs is 2. The van der Waals surface area contributed by atoms with Crippen LogP contribution < -0.4 is 10.6 Å². The monoisotopic (exact) mass is 526 g/mol. The first-order valence-electron chi connectivity index (χ1n) is 12.8. The highest BCUT2D eigenvalue weighted by atomic mass is 16.2. The van der Waals surface area contributed by atoms with Gasteiger partial charge in [0.25, 0.3) is 0 Å². The molecule has 40 heavy (non-hydrogen) atoms. The Morgan fingerprint density at radius 1 is 0.550 bits per heavy atom. The van der Waals surface area contributed by atoms with E-state index in [0.29, 0.717) is 22.7 Å². The highest BCUT2D eigenvalue weighted by Crippen LogP contribution is 2.32. The van der Waals surface area contributed by atoms with Gasteiger partial charge in [-0.1, -0.05) is 36.4 Å². The van der Waals surface area contributed by atoms with E-state index in [0.717, 1.165) is 44.6 Å². The number of azo groups is 2. The Balaban J connectivity index is 1.06. The normalized spacial score (nSPS) is 11.7. The number of aromatic amines is 2. The molecule has 0 aliphatic carbocycles. The van der Waals surface area contributed by atoms with Crippen molar-refractivity contribution < 1.29 is 4.79 Å². The Hall–Kier alpha value is -5.57. The van der Waals surface area contributed by atoms with Crippen LogP contribution in [0.4, 0.5) is 38.9 Å². The number of nitrogens with zero attached hydrogens (tertiary/aromatic N) is 4. The van der Waals surface area contributed by atoms with E-state index in [1.165, 1.54) is 0 Å². The van der Waals surface area contributed by atoms with Gasteiger partial charge >= 0.3 is 6.03 Å². The van der Waals surface area contributed by atoms with Crippen molar-refractivity contribution in [1.82, 2.24) is 9.97 Å². The van der Waals surface area contributed by atoms with Crippen molar-refractivity contribution in [3.8, 4) is 0 Å². The van der Waals surface area contributed by atoms with Gasteiger partial charge in [0.2, 0.25) is 0 Å². The molecule has 0 spiro atoms. The van der Waals surface area contributed by atoms with Crippen LogP contribution in [0.5, 0.6) is 0 Å². The first-order valence-corrected chi connectivity index (χ1v) is 12.8. The van der Waals surface area contributed by atoms with Crippen LogP contribution in [0.25, 0.3) is 21.8 Å². The molecule has 0 aliphatic rings. The maximum absolute atomic E-state index is 12.5. The third kappa shape index (κ3) is 5.21. The second-order valence-corrected chi connectivity index (χ2v) is 9.36. The highest BCUT2D eigenvalue weighted by molar-refractivity contribution is 6.00. The molecule has 196 valence electrons. The molecular formula is C31H26N8O. The van der Waals surface area contributed by atoms with E-state index in [2.05, 4.69) is 41.1 Å². The lowest BCUT2D eigenvalue weighted by atomic mass is 10.2. The number of rotatable bonds is 6. The third-order valence-electron chi connectivity index (χ3n) is 6.50. The van der Waals surface area contributed by atoms with Gasteiger partial charge in [-0.25, -0.2) is 4.79 Å². The first kappa shape index (κ1) is 24.7. The molecule has 4 aromatic carbocycles. The molecule has 2 heterocycles. The summed E-state index contributed by atoms with van der Waals surface area (Å²) in [6.07, 6.45) is 0. The fourth-order valence-electron chi connectivity index (χ4n) is 4.51. The third-order valence-corrected chi connectivity index (χ3v) is 6.50. The number of aryl methyl sites for hydroxylation is 2. The predicted molar refractivity (Wildman–Crippen MR) is 160 cm³/mol. The number of benzene rings is 4. The van der Waals surface area contributed by atoms with Gasteiger partial charge in [-0.15, -0.1) is 10.2 Å². The van der Waals surface area contributed by atoms with Crippen LogP contribution in [0.15, 0.2) is 118 Å². The molecule has 9 nitrogen and oxygen atoms in total. The Morgan fingerprint density at radius 2 is 0.950 bits per heavy atom. The van der Waals surface area contributed by atoms with E-state index in [1.54, 1.807) is 48.5 Å². The summed E-state index contributed by atoms with van der Waals surface area (Å²) in [4.78, 5) is 19.2. The van der Waals surface area contributed by atoms with Crippen LogP contribution in [-0.4, -0.2) is 16.0 Å². The zero-order valence-electron chi connectivity index (χ0n) is 21.9. The highest BCUT2D eigenvalue weighted by Gasteiger charge is 2.08. The summed E-state index contributed by atoms with van der Waals surface area (Å²) >= 11 is 0. The number of carbonyl (C=O) groups is 1. The van der Waals surface area contributed by atoms with Gasteiger partial charge in [-0.3, -0.25) is 0 Å². The lowest BCUT2D eigenvalue weighted by molar-refractivity contribution is 0.262. The zero-order chi connectivity index (χ0) is 27.5. The number of hydrogen-bond acceptors (Lipinski definition) is 5. The summed E-state index contributed by atoms with van der Waals surface area (Å²) in [5.41, 5.74) is 8.25. The number of aromatic nitrogens is 2. The largest absolute Gasteiger partial charge is 0.357 e. The molecule has 0 radical (unpaired) electrons. The minimum Gasteiger partial charge on any atom is -0.357 e. The summed E-state index contributed by atoms with van der Waals surface area (Å²) in [5.74, 6) is 0. The molecule has 0 fully saturated rings. The van der Waals surface area contributed by atoms with Gasteiger partial charge in [-0.2, -0.15) is 10.2 Å².